The van der Waals surface area contributed by atoms with E-state index in [0.29, 0.717) is 16.8 Å². The predicted molar refractivity (Wildman–Crippen MR) is 90.9 cm³/mol. The summed E-state index contributed by atoms with van der Waals surface area (Å²) in [6.45, 7) is 0. The van der Waals surface area contributed by atoms with E-state index in [0.717, 1.165) is 27.0 Å². The van der Waals surface area contributed by atoms with Crippen molar-refractivity contribution in [2.45, 2.75) is 6.42 Å². The Morgan fingerprint density at radius 2 is 1.95 bits per heavy atom. The van der Waals surface area contributed by atoms with Crippen LogP contribution in [0, 0.1) is 5.82 Å². The van der Waals surface area contributed by atoms with Gasteiger partial charge in [0.15, 0.2) is 0 Å². The topological polar surface area (TPSA) is 17.8 Å². The molecule has 21 heavy (non-hydrogen) atoms. The van der Waals surface area contributed by atoms with Gasteiger partial charge in [-0.3, -0.25) is 4.57 Å². The maximum Gasteiger partial charge on any atom is 0.124 e. The van der Waals surface area contributed by atoms with E-state index >= 15 is 0 Å². The lowest BCUT2D eigenvalue weighted by molar-refractivity contribution is 0.626. The second kappa shape index (κ2) is 6.07. The van der Waals surface area contributed by atoms with Crippen LogP contribution in [0.3, 0.4) is 0 Å². The molecule has 0 amide bonds. The second-order valence-electron chi connectivity index (χ2n) is 4.53. The molecule has 0 N–H and O–H groups in total. The van der Waals surface area contributed by atoms with Crippen LogP contribution in [0.25, 0.3) is 16.7 Å². The Bertz CT molecular complexity index is 817. The van der Waals surface area contributed by atoms with Crippen LogP contribution in [0.5, 0.6) is 0 Å². The zero-order valence-corrected chi connectivity index (χ0v) is 14.7. The summed E-state index contributed by atoms with van der Waals surface area (Å²) >= 11 is 12.8. The van der Waals surface area contributed by atoms with Crippen molar-refractivity contribution in [3.63, 3.8) is 0 Å². The highest BCUT2D eigenvalue weighted by Gasteiger charge is 2.15. The Labute approximate surface area is 143 Å². The number of nitrogens with zero attached hydrogens (tertiary/aromatic N) is 2. The van der Waals surface area contributed by atoms with Crippen LogP contribution >= 0.6 is 43.5 Å². The second-order valence-corrected chi connectivity index (χ2v) is 6.68. The maximum absolute atomic E-state index is 13.3. The van der Waals surface area contributed by atoms with E-state index in [1.54, 1.807) is 6.07 Å². The molecule has 3 aromatic rings. The fraction of sp³-hybridized carbons (Fsp3) is 0.133. The van der Waals surface area contributed by atoms with Crippen LogP contribution in [0.4, 0.5) is 4.39 Å². The molecule has 6 heteroatoms. The molecule has 0 aliphatic heterocycles. The predicted octanol–water partition coefficient (Wildman–Crippen LogP) is 5.47. The average molecular weight is 433 g/mol. The number of hydrogen-bond donors (Lipinski definition) is 0. The molecular formula is C15H10Br2ClFN2. The molecule has 2 aromatic carbocycles. The van der Waals surface area contributed by atoms with E-state index in [-0.39, 0.29) is 5.82 Å². The third-order valence-corrected chi connectivity index (χ3v) is 4.47. The van der Waals surface area contributed by atoms with Crippen molar-refractivity contribution in [3.05, 3.63) is 57.0 Å². The molecule has 0 bridgehead atoms. The zero-order valence-electron chi connectivity index (χ0n) is 10.8. The van der Waals surface area contributed by atoms with Crippen molar-refractivity contribution < 1.29 is 4.39 Å². The summed E-state index contributed by atoms with van der Waals surface area (Å²) in [4.78, 5) is 4.63. The Balaban J connectivity index is 2.32. The first-order valence-corrected chi connectivity index (χ1v) is 8.40. The Morgan fingerprint density at radius 1 is 1.14 bits per heavy atom. The number of rotatable bonds is 3. The molecule has 2 nitrogen and oxygen atoms in total. The number of benzene rings is 2. The normalized spacial score (nSPS) is 11.2. The van der Waals surface area contributed by atoms with Crippen molar-refractivity contribution in [2.24, 2.45) is 0 Å². The fourth-order valence-electron chi connectivity index (χ4n) is 2.28. The van der Waals surface area contributed by atoms with Crippen molar-refractivity contribution in [1.82, 2.24) is 9.55 Å². The Kier molecular flexibility index (Phi) is 4.33. The molecule has 0 atom stereocenters. The molecule has 0 radical (unpaired) electrons. The number of aromatic nitrogens is 2. The molecule has 3 rings (SSSR count). The van der Waals surface area contributed by atoms with Gasteiger partial charge in [-0.25, -0.2) is 9.37 Å². The van der Waals surface area contributed by atoms with E-state index in [4.69, 9.17) is 11.6 Å². The van der Waals surface area contributed by atoms with Crippen LogP contribution in [-0.2, 0) is 6.42 Å². The third-order valence-electron chi connectivity index (χ3n) is 3.15. The highest BCUT2D eigenvalue weighted by atomic mass is 79.9. The summed E-state index contributed by atoms with van der Waals surface area (Å²) < 4.78 is 17.0. The third kappa shape index (κ3) is 2.87. The van der Waals surface area contributed by atoms with Gasteiger partial charge in [0, 0.05) is 21.2 Å². The van der Waals surface area contributed by atoms with Gasteiger partial charge in [-0.1, -0.05) is 15.9 Å². The average Bonchev–Trinajstić information content (AvgIpc) is 2.77. The molecule has 0 aliphatic carbocycles. The summed E-state index contributed by atoms with van der Waals surface area (Å²) in [6, 6.07) is 10.5. The van der Waals surface area contributed by atoms with E-state index in [9.17, 15) is 4.39 Å². The lowest BCUT2D eigenvalue weighted by atomic mass is 10.2. The van der Waals surface area contributed by atoms with E-state index in [2.05, 4.69) is 36.8 Å². The summed E-state index contributed by atoms with van der Waals surface area (Å²) in [7, 11) is 0. The monoisotopic (exact) mass is 430 g/mol. The minimum Gasteiger partial charge on any atom is -0.295 e. The molecule has 0 fully saturated rings. The van der Waals surface area contributed by atoms with E-state index < -0.39 is 0 Å². The van der Waals surface area contributed by atoms with Crippen molar-refractivity contribution in [2.75, 3.05) is 5.88 Å². The van der Waals surface area contributed by atoms with Crippen LogP contribution in [0.2, 0.25) is 0 Å². The molecule has 0 spiro atoms. The molecule has 0 aliphatic rings. The van der Waals surface area contributed by atoms with Crippen LogP contribution in [-0.4, -0.2) is 15.4 Å². The van der Waals surface area contributed by atoms with Crippen molar-refractivity contribution in [3.8, 4) is 5.69 Å². The standard InChI is InChI=1S/C15H10Br2ClFN2/c16-9-1-3-12-14(7-9)21(15(20-12)5-6-18)13-4-2-10(19)8-11(13)17/h1-4,7-8H,5-6H2. The van der Waals surface area contributed by atoms with Gasteiger partial charge < -0.3 is 0 Å². The van der Waals surface area contributed by atoms with Crippen molar-refractivity contribution in [1.29, 1.82) is 0 Å². The summed E-state index contributed by atoms with van der Waals surface area (Å²) in [6.07, 6.45) is 0.637. The SMILES string of the molecule is Fc1ccc(-n2c(CCCl)nc3ccc(Br)cc32)c(Br)c1. The zero-order chi connectivity index (χ0) is 15.0. The number of imidazole rings is 1. The lowest BCUT2D eigenvalue weighted by Gasteiger charge is -2.11. The minimum atomic E-state index is -0.282. The smallest absolute Gasteiger partial charge is 0.124 e. The first-order valence-electron chi connectivity index (χ1n) is 6.28. The van der Waals surface area contributed by atoms with Gasteiger partial charge in [0.1, 0.15) is 11.6 Å². The number of aryl methyl sites for hydroxylation is 1. The highest BCUT2D eigenvalue weighted by Crippen LogP contribution is 2.29. The quantitative estimate of drug-likeness (QED) is 0.502. The Morgan fingerprint density at radius 3 is 2.67 bits per heavy atom. The molecule has 1 aromatic heterocycles. The van der Waals surface area contributed by atoms with Gasteiger partial charge in [-0.15, -0.1) is 11.6 Å². The summed E-state index contributed by atoms with van der Waals surface area (Å²) in [5.41, 5.74) is 2.68. The summed E-state index contributed by atoms with van der Waals surface area (Å²) in [5, 5.41) is 0. The largest absolute Gasteiger partial charge is 0.295 e. The van der Waals surface area contributed by atoms with Gasteiger partial charge in [-0.2, -0.15) is 0 Å². The number of hydrogen-bond acceptors (Lipinski definition) is 1. The number of halogens is 4. The first-order chi connectivity index (χ1) is 10.1. The molecule has 0 saturated heterocycles. The van der Waals surface area contributed by atoms with Gasteiger partial charge in [0.25, 0.3) is 0 Å². The van der Waals surface area contributed by atoms with Gasteiger partial charge in [0.2, 0.25) is 0 Å². The van der Waals surface area contributed by atoms with Crippen LogP contribution in [0.15, 0.2) is 45.3 Å². The van der Waals surface area contributed by atoms with Gasteiger partial charge in [-0.05, 0) is 52.3 Å². The lowest BCUT2D eigenvalue weighted by Crippen LogP contribution is -2.03. The number of fused-ring (bicyclic) bond motifs is 1. The van der Waals surface area contributed by atoms with Crippen molar-refractivity contribution >= 4 is 54.5 Å². The molecule has 108 valence electrons. The molecule has 0 saturated carbocycles. The van der Waals surface area contributed by atoms with E-state index in [1.165, 1.54) is 12.1 Å². The molecular weight excluding hydrogens is 422 g/mol. The Hall–Kier alpha value is -0.910. The summed E-state index contributed by atoms with van der Waals surface area (Å²) in [5.74, 6) is 1.05. The van der Waals surface area contributed by atoms with Crippen LogP contribution in [0.1, 0.15) is 5.82 Å². The minimum absolute atomic E-state index is 0.282. The first kappa shape index (κ1) is 15.0. The number of alkyl halides is 1. The molecule has 0 unspecified atom stereocenters. The van der Waals surface area contributed by atoms with Gasteiger partial charge in [0.05, 0.1) is 16.7 Å². The molecule has 1 heterocycles. The fourth-order valence-corrected chi connectivity index (χ4v) is 3.33. The highest BCUT2D eigenvalue weighted by molar-refractivity contribution is 9.10. The maximum atomic E-state index is 13.3. The van der Waals surface area contributed by atoms with Gasteiger partial charge >= 0.3 is 0 Å². The van der Waals surface area contributed by atoms with Crippen LogP contribution < -0.4 is 0 Å². The van der Waals surface area contributed by atoms with E-state index in [1.807, 2.05) is 22.8 Å².